The standard InChI is InChI=1S/C20H19ClN4O4S3/c1-12(2)30-20-24-23-19(31-20)22-18(26)17-11-25(15-10-13(21)8-9-16(15)29-17)32(27,28)14-6-4-3-5-7-14/h3-10,12,17H,11H2,1-2H3,(H,22,23,26)/t17-/m1/s1. The van der Waals surface area contributed by atoms with Crippen molar-refractivity contribution in [1.29, 1.82) is 0 Å². The molecule has 0 saturated heterocycles. The zero-order valence-electron chi connectivity index (χ0n) is 17.1. The lowest BCUT2D eigenvalue weighted by molar-refractivity contribution is -0.122. The molecule has 0 unspecified atom stereocenters. The van der Waals surface area contributed by atoms with Gasteiger partial charge in [-0.05, 0) is 30.3 Å². The van der Waals surface area contributed by atoms with Crippen LogP contribution in [-0.2, 0) is 14.8 Å². The molecule has 3 aromatic rings. The van der Waals surface area contributed by atoms with Crippen LogP contribution in [0.5, 0.6) is 5.75 Å². The Hall–Kier alpha value is -2.34. The molecular formula is C20H19ClN4O4S3. The number of thioether (sulfide) groups is 1. The number of benzene rings is 2. The highest BCUT2D eigenvalue weighted by Crippen LogP contribution is 2.39. The number of ether oxygens (including phenoxy) is 1. The number of nitrogens with one attached hydrogen (secondary N) is 1. The first-order valence-electron chi connectivity index (χ1n) is 9.59. The summed E-state index contributed by atoms with van der Waals surface area (Å²) in [6.45, 7) is 3.85. The average molecular weight is 511 g/mol. The zero-order chi connectivity index (χ0) is 22.9. The van der Waals surface area contributed by atoms with Gasteiger partial charge in [-0.2, -0.15) is 0 Å². The number of carbonyl (C=O) groups excluding carboxylic acids is 1. The Morgan fingerprint density at radius 2 is 2.00 bits per heavy atom. The van der Waals surface area contributed by atoms with Crippen LogP contribution in [0.15, 0.2) is 57.8 Å². The first-order chi connectivity index (χ1) is 15.2. The van der Waals surface area contributed by atoms with Gasteiger partial charge in [0.15, 0.2) is 10.4 Å². The number of aromatic nitrogens is 2. The summed E-state index contributed by atoms with van der Waals surface area (Å²) in [7, 11) is -3.95. The van der Waals surface area contributed by atoms with Crippen LogP contribution in [0, 0.1) is 0 Å². The van der Waals surface area contributed by atoms with Gasteiger partial charge in [0.05, 0.1) is 17.1 Å². The van der Waals surface area contributed by atoms with Crippen molar-refractivity contribution in [3.05, 3.63) is 53.6 Å². The Kier molecular flexibility index (Phi) is 6.61. The van der Waals surface area contributed by atoms with Gasteiger partial charge in [-0.1, -0.05) is 66.7 Å². The summed E-state index contributed by atoms with van der Waals surface area (Å²) in [5.41, 5.74) is 0.275. The van der Waals surface area contributed by atoms with Crippen LogP contribution in [0.2, 0.25) is 5.02 Å². The van der Waals surface area contributed by atoms with Gasteiger partial charge < -0.3 is 4.74 Å². The second kappa shape index (κ2) is 9.26. The van der Waals surface area contributed by atoms with Gasteiger partial charge in [-0.15, -0.1) is 10.2 Å². The van der Waals surface area contributed by atoms with Crippen LogP contribution in [0.4, 0.5) is 10.8 Å². The van der Waals surface area contributed by atoms with Gasteiger partial charge in [-0.25, -0.2) is 8.42 Å². The van der Waals surface area contributed by atoms with Gasteiger partial charge in [0.1, 0.15) is 5.75 Å². The molecule has 0 radical (unpaired) electrons. The Bertz CT molecular complexity index is 1230. The first kappa shape index (κ1) is 22.8. The van der Waals surface area contributed by atoms with Crippen molar-refractivity contribution in [2.75, 3.05) is 16.2 Å². The molecule has 1 atom stereocenters. The van der Waals surface area contributed by atoms with Crippen molar-refractivity contribution < 1.29 is 17.9 Å². The number of rotatable bonds is 6. The Balaban J connectivity index is 1.62. The maximum atomic E-state index is 13.4. The number of sulfonamides is 1. The van der Waals surface area contributed by atoms with E-state index in [2.05, 4.69) is 15.5 Å². The molecule has 12 heteroatoms. The van der Waals surface area contributed by atoms with Crippen molar-refractivity contribution in [2.24, 2.45) is 0 Å². The van der Waals surface area contributed by atoms with E-state index >= 15 is 0 Å². The highest BCUT2D eigenvalue weighted by Gasteiger charge is 2.38. The fourth-order valence-corrected chi connectivity index (χ4v) is 6.64. The summed E-state index contributed by atoms with van der Waals surface area (Å²) in [5, 5.41) is 11.7. The number of hydrogen-bond donors (Lipinski definition) is 1. The van der Waals surface area contributed by atoms with Crippen LogP contribution >= 0.6 is 34.7 Å². The summed E-state index contributed by atoms with van der Waals surface area (Å²) < 4.78 is 34.4. The van der Waals surface area contributed by atoms with Crippen LogP contribution in [0.3, 0.4) is 0 Å². The van der Waals surface area contributed by atoms with Gasteiger partial charge in [-0.3, -0.25) is 14.4 Å². The molecule has 1 aromatic heterocycles. The largest absolute Gasteiger partial charge is 0.476 e. The normalized spacial score (nSPS) is 15.9. The van der Waals surface area contributed by atoms with E-state index < -0.39 is 22.0 Å². The molecule has 0 fully saturated rings. The number of halogens is 1. The SMILES string of the molecule is CC(C)Sc1nnc(NC(=O)[C@H]2CN(S(=O)(=O)c3ccccc3)c3cc(Cl)ccc3O2)s1. The molecule has 32 heavy (non-hydrogen) atoms. The minimum atomic E-state index is -3.95. The zero-order valence-corrected chi connectivity index (χ0v) is 20.3. The second-order valence-electron chi connectivity index (χ2n) is 7.10. The van der Waals surface area contributed by atoms with Gasteiger partial charge in [0.2, 0.25) is 5.13 Å². The Labute approximate surface area is 199 Å². The third-order valence-corrected chi connectivity index (χ3v) is 8.34. The quantitative estimate of drug-likeness (QED) is 0.390. The fourth-order valence-electron chi connectivity index (χ4n) is 3.00. The molecule has 4 rings (SSSR count). The van der Waals surface area contributed by atoms with E-state index in [1.54, 1.807) is 30.3 Å². The first-order valence-corrected chi connectivity index (χ1v) is 13.1. The lowest BCUT2D eigenvalue weighted by Gasteiger charge is -2.34. The molecule has 1 amide bonds. The highest BCUT2D eigenvalue weighted by molar-refractivity contribution is 8.01. The summed E-state index contributed by atoms with van der Waals surface area (Å²) in [4.78, 5) is 13.0. The molecule has 0 spiro atoms. The molecule has 2 heterocycles. The number of nitrogens with zero attached hydrogens (tertiary/aromatic N) is 3. The lowest BCUT2D eigenvalue weighted by Crippen LogP contribution is -2.48. The average Bonchev–Trinajstić information content (AvgIpc) is 3.19. The van der Waals surface area contributed by atoms with E-state index in [1.807, 2.05) is 13.8 Å². The monoisotopic (exact) mass is 510 g/mol. The third-order valence-electron chi connectivity index (χ3n) is 4.39. The molecule has 1 N–H and O–H groups in total. The van der Waals surface area contributed by atoms with Gasteiger partial charge in [0.25, 0.3) is 15.9 Å². The van der Waals surface area contributed by atoms with E-state index in [-0.39, 0.29) is 22.9 Å². The number of carbonyl (C=O) groups is 1. The molecule has 168 valence electrons. The van der Waals surface area contributed by atoms with Crippen LogP contribution in [-0.4, -0.2) is 42.4 Å². The molecular weight excluding hydrogens is 492 g/mol. The predicted octanol–water partition coefficient (Wildman–Crippen LogP) is 4.29. The topological polar surface area (TPSA) is 101 Å². The number of hydrogen-bond acceptors (Lipinski definition) is 8. The van der Waals surface area contributed by atoms with Crippen LogP contribution in [0.1, 0.15) is 13.8 Å². The van der Waals surface area contributed by atoms with Crippen molar-refractivity contribution in [3.8, 4) is 5.75 Å². The minimum Gasteiger partial charge on any atom is -0.476 e. The summed E-state index contributed by atoms with van der Waals surface area (Å²) in [5.74, 6) is -0.273. The van der Waals surface area contributed by atoms with E-state index in [1.165, 1.54) is 41.3 Å². The Morgan fingerprint density at radius 1 is 1.25 bits per heavy atom. The molecule has 8 nitrogen and oxygen atoms in total. The molecule has 1 aliphatic rings. The Morgan fingerprint density at radius 3 is 2.72 bits per heavy atom. The van der Waals surface area contributed by atoms with Gasteiger partial charge >= 0.3 is 0 Å². The molecule has 0 saturated carbocycles. The van der Waals surface area contributed by atoms with E-state index in [0.717, 1.165) is 8.64 Å². The summed E-state index contributed by atoms with van der Waals surface area (Å²) in [6, 6.07) is 12.6. The van der Waals surface area contributed by atoms with E-state index in [4.69, 9.17) is 16.3 Å². The maximum absolute atomic E-state index is 13.4. The molecule has 0 bridgehead atoms. The highest BCUT2D eigenvalue weighted by atomic mass is 35.5. The van der Waals surface area contributed by atoms with Crippen molar-refractivity contribution >= 4 is 61.4 Å². The summed E-state index contributed by atoms with van der Waals surface area (Å²) in [6.07, 6.45) is -1.09. The number of fused-ring (bicyclic) bond motifs is 1. The molecule has 2 aromatic carbocycles. The fraction of sp³-hybridized carbons (Fsp3) is 0.250. The maximum Gasteiger partial charge on any atom is 0.269 e. The second-order valence-corrected chi connectivity index (χ2v) is 12.2. The van der Waals surface area contributed by atoms with Crippen LogP contribution in [0.25, 0.3) is 0 Å². The molecule has 0 aliphatic carbocycles. The van der Waals surface area contributed by atoms with Crippen molar-refractivity contribution in [3.63, 3.8) is 0 Å². The van der Waals surface area contributed by atoms with E-state index in [9.17, 15) is 13.2 Å². The number of anilines is 2. The minimum absolute atomic E-state index is 0.103. The van der Waals surface area contributed by atoms with Crippen molar-refractivity contribution in [2.45, 2.75) is 34.4 Å². The van der Waals surface area contributed by atoms with Gasteiger partial charge in [0, 0.05) is 10.3 Å². The smallest absolute Gasteiger partial charge is 0.269 e. The molecule has 1 aliphatic heterocycles. The predicted molar refractivity (Wildman–Crippen MR) is 126 cm³/mol. The van der Waals surface area contributed by atoms with E-state index in [0.29, 0.717) is 15.4 Å². The van der Waals surface area contributed by atoms with Crippen molar-refractivity contribution in [1.82, 2.24) is 10.2 Å². The summed E-state index contributed by atoms with van der Waals surface area (Å²) >= 11 is 8.90. The number of amides is 1. The lowest BCUT2D eigenvalue weighted by atomic mass is 10.2. The third kappa shape index (κ3) is 4.85. The van der Waals surface area contributed by atoms with Crippen LogP contribution < -0.4 is 14.4 Å².